The van der Waals surface area contributed by atoms with Gasteiger partial charge in [0.25, 0.3) is 0 Å². The van der Waals surface area contributed by atoms with E-state index in [1.165, 1.54) is 0 Å². The maximum Gasteiger partial charge on any atom is 0.230 e. The lowest BCUT2D eigenvalue weighted by Crippen LogP contribution is -2.48. The minimum absolute atomic E-state index is 0.0432. The third kappa shape index (κ3) is 2.94. The molecule has 3 saturated heterocycles. The summed E-state index contributed by atoms with van der Waals surface area (Å²) in [5.41, 5.74) is 0.250. The van der Waals surface area contributed by atoms with Crippen molar-refractivity contribution in [2.45, 2.75) is 37.3 Å². The highest BCUT2D eigenvalue weighted by Crippen LogP contribution is 2.52. The van der Waals surface area contributed by atoms with Crippen LogP contribution >= 0.6 is 0 Å². The number of rotatable bonds is 4. The Kier molecular flexibility index (Phi) is 4.38. The molecule has 0 unspecified atom stereocenters. The normalized spacial score (nSPS) is 33.4. The zero-order valence-electron chi connectivity index (χ0n) is 16.4. The lowest BCUT2D eigenvalue weighted by Gasteiger charge is -2.33. The van der Waals surface area contributed by atoms with Crippen LogP contribution in [0, 0.1) is 11.8 Å². The molecule has 0 N–H and O–H groups in total. The van der Waals surface area contributed by atoms with Crippen LogP contribution in [0.2, 0.25) is 0 Å². The van der Waals surface area contributed by atoms with Crippen LogP contribution in [0.1, 0.15) is 18.4 Å². The van der Waals surface area contributed by atoms with Gasteiger partial charge in [-0.15, -0.1) is 0 Å². The Hall–Kier alpha value is -2.41. The summed E-state index contributed by atoms with van der Waals surface area (Å²) in [6, 6.07) is 7.64. The molecule has 0 aromatic heterocycles. The molecule has 4 atom stereocenters. The van der Waals surface area contributed by atoms with Crippen molar-refractivity contribution < 1.29 is 23.5 Å². The molecule has 1 aromatic carbocycles. The number of hydrogen-bond donors (Lipinski definition) is 0. The summed E-state index contributed by atoms with van der Waals surface area (Å²) in [6.07, 6.45) is 3.41. The smallest absolute Gasteiger partial charge is 0.230 e. The van der Waals surface area contributed by atoms with Gasteiger partial charge < -0.3 is 19.3 Å². The number of halogens is 1. The van der Waals surface area contributed by atoms with Crippen LogP contribution in [-0.2, 0) is 20.9 Å². The lowest BCUT2D eigenvalue weighted by atomic mass is 9.76. The highest BCUT2D eigenvalue weighted by atomic mass is 19.1. The number of hydrogen-bond acceptors (Lipinski definition) is 4. The first kappa shape index (κ1) is 18.6. The number of piperidine rings is 1. The molecule has 2 amide bonds. The van der Waals surface area contributed by atoms with Crippen molar-refractivity contribution in [2.75, 3.05) is 26.7 Å². The summed E-state index contributed by atoms with van der Waals surface area (Å²) < 4.78 is 25.0. The second-order valence-corrected chi connectivity index (χ2v) is 8.45. The maximum atomic E-state index is 13.5. The molecule has 154 valence electrons. The predicted molar refractivity (Wildman–Crippen MR) is 103 cm³/mol. The number of methoxy groups -OCH3 is 1. The van der Waals surface area contributed by atoms with E-state index in [2.05, 4.69) is 0 Å². The number of nitrogens with zero attached hydrogens (tertiary/aromatic N) is 2. The van der Waals surface area contributed by atoms with Gasteiger partial charge >= 0.3 is 0 Å². The van der Waals surface area contributed by atoms with Crippen molar-refractivity contribution in [3.63, 3.8) is 0 Å². The first-order valence-corrected chi connectivity index (χ1v) is 10.2. The van der Waals surface area contributed by atoms with Gasteiger partial charge in [-0.2, -0.15) is 0 Å². The molecule has 0 aliphatic carbocycles. The third-order valence-corrected chi connectivity index (χ3v) is 6.71. The molecule has 4 heterocycles. The quantitative estimate of drug-likeness (QED) is 0.725. The predicted octanol–water partition coefficient (Wildman–Crippen LogP) is 1.94. The molecule has 3 fully saturated rings. The van der Waals surface area contributed by atoms with Gasteiger partial charge in [-0.3, -0.25) is 9.59 Å². The number of carbonyl (C=O) groups is 2. The van der Waals surface area contributed by atoms with Crippen molar-refractivity contribution in [1.82, 2.24) is 9.80 Å². The average Bonchev–Trinajstić information content (AvgIpc) is 3.36. The number of benzene rings is 1. The van der Waals surface area contributed by atoms with Crippen molar-refractivity contribution in [3.8, 4) is 5.75 Å². The number of fused-ring (bicyclic) bond motifs is 1. The molecule has 6 nitrogen and oxygen atoms in total. The van der Waals surface area contributed by atoms with Crippen molar-refractivity contribution in [3.05, 3.63) is 42.0 Å². The molecule has 4 aliphatic rings. The minimum atomic E-state index is -0.840. The van der Waals surface area contributed by atoms with Crippen LogP contribution < -0.4 is 4.74 Å². The Morgan fingerprint density at radius 3 is 2.90 bits per heavy atom. The van der Waals surface area contributed by atoms with Gasteiger partial charge in [0.15, 0.2) is 0 Å². The van der Waals surface area contributed by atoms with Crippen LogP contribution in [-0.4, -0.2) is 66.2 Å². The largest absolute Gasteiger partial charge is 0.497 e. The van der Waals surface area contributed by atoms with E-state index in [9.17, 15) is 14.0 Å². The van der Waals surface area contributed by atoms with Crippen molar-refractivity contribution in [1.29, 1.82) is 0 Å². The van der Waals surface area contributed by atoms with E-state index in [1.807, 2.05) is 36.4 Å². The van der Waals surface area contributed by atoms with Crippen LogP contribution in [0.4, 0.5) is 4.39 Å². The van der Waals surface area contributed by atoms with Gasteiger partial charge in [0.05, 0.1) is 31.6 Å². The molecular weight excluding hydrogens is 375 g/mol. The second-order valence-electron chi connectivity index (χ2n) is 8.45. The Balaban J connectivity index is 1.36. The Morgan fingerprint density at radius 2 is 2.14 bits per heavy atom. The molecule has 29 heavy (non-hydrogen) atoms. The first-order valence-electron chi connectivity index (χ1n) is 10.2. The van der Waals surface area contributed by atoms with Gasteiger partial charge in [-0.1, -0.05) is 24.3 Å². The fraction of sp³-hybridized carbons (Fsp3) is 0.545. The number of likely N-dealkylation sites (tertiary alicyclic amines) is 2. The summed E-state index contributed by atoms with van der Waals surface area (Å²) in [6.45, 7) is 1.71. The third-order valence-electron chi connectivity index (χ3n) is 6.71. The summed E-state index contributed by atoms with van der Waals surface area (Å²) in [7, 11) is 1.61. The van der Waals surface area contributed by atoms with E-state index in [-0.39, 0.29) is 17.9 Å². The molecule has 4 aliphatic heterocycles. The maximum absolute atomic E-state index is 13.5. The van der Waals surface area contributed by atoms with E-state index >= 15 is 0 Å². The molecule has 7 heteroatoms. The van der Waals surface area contributed by atoms with E-state index in [4.69, 9.17) is 9.47 Å². The van der Waals surface area contributed by atoms with Gasteiger partial charge in [-0.05, 0) is 30.5 Å². The van der Waals surface area contributed by atoms with Gasteiger partial charge in [-0.25, -0.2) is 4.39 Å². The van der Waals surface area contributed by atoms with Crippen LogP contribution in [0.25, 0.3) is 0 Å². The monoisotopic (exact) mass is 400 g/mol. The highest BCUT2D eigenvalue weighted by molar-refractivity contribution is 5.93. The summed E-state index contributed by atoms with van der Waals surface area (Å²) in [5.74, 6) is -0.389. The summed E-state index contributed by atoms with van der Waals surface area (Å²) in [5, 5.41) is 0. The standard InChI is InChI=1S/C22H25FN2O4/c1-28-16-4-2-3-14(11-16)12-25-13-22-8-5-17(29-22)18(19(22)21(25)27)20(26)24-9-6-15(23)7-10-24/h2-5,8,11,15,17-19H,6-7,9-10,12-13H2,1H3/t17-,18-,19+,22-/m0/s1. The Morgan fingerprint density at radius 1 is 1.34 bits per heavy atom. The Bertz CT molecular complexity index is 866. The van der Waals surface area contributed by atoms with Gasteiger partial charge in [0.1, 0.15) is 17.5 Å². The molecular formula is C22H25FN2O4. The first-order chi connectivity index (χ1) is 14.0. The number of alkyl halides is 1. The molecule has 2 bridgehead atoms. The Labute approximate surface area is 169 Å². The topological polar surface area (TPSA) is 59.1 Å². The highest BCUT2D eigenvalue weighted by Gasteiger charge is 2.67. The van der Waals surface area contributed by atoms with Gasteiger partial charge in [0.2, 0.25) is 11.8 Å². The van der Waals surface area contributed by atoms with Crippen molar-refractivity contribution in [2.24, 2.45) is 11.8 Å². The SMILES string of the molecule is COc1cccc(CN2C[C@]34C=C[C@H](O3)[C@H](C(=O)N3CCC(F)CC3)[C@@H]4C2=O)c1. The number of carbonyl (C=O) groups excluding carboxylic acids is 2. The average molecular weight is 400 g/mol. The minimum Gasteiger partial charge on any atom is -0.497 e. The summed E-state index contributed by atoms with van der Waals surface area (Å²) in [4.78, 5) is 30.1. The van der Waals surface area contributed by atoms with E-state index in [1.54, 1.807) is 16.9 Å². The summed E-state index contributed by atoms with van der Waals surface area (Å²) >= 11 is 0. The number of amides is 2. The van der Waals surface area contributed by atoms with E-state index in [0.29, 0.717) is 39.0 Å². The zero-order valence-corrected chi connectivity index (χ0v) is 16.4. The zero-order chi connectivity index (χ0) is 20.2. The van der Waals surface area contributed by atoms with Crippen molar-refractivity contribution >= 4 is 11.8 Å². The molecule has 0 radical (unpaired) electrons. The van der Waals surface area contributed by atoms with E-state index in [0.717, 1.165) is 11.3 Å². The molecule has 5 rings (SSSR count). The fourth-order valence-electron chi connectivity index (χ4n) is 5.26. The second kappa shape index (κ2) is 6.83. The molecule has 1 aromatic rings. The molecule has 1 spiro atoms. The lowest BCUT2D eigenvalue weighted by molar-refractivity contribution is -0.144. The fourth-order valence-corrected chi connectivity index (χ4v) is 5.26. The molecule has 0 saturated carbocycles. The van der Waals surface area contributed by atoms with Crippen LogP contribution in [0.15, 0.2) is 36.4 Å². The van der Waals surface area contributed by atoms with E-state index < -0.39 is 23.6 Å². The van der Waals surface area contributed by atoms with Crippen LogP contribution in [0.3, 0.4) is 0 Å². The van der Waals surface area contributed by atoms with Gasteiger partial charge in [0, 0.05) is 19.6 Å². The number of ether oxygens (including phenoxy) is 2. The van der Waals surface area contributed by atoms with Crippen LogP contribution in [0.5, 0.6) is 5.75 Å².